The van der Waals surface area contributed by atoms with Gasteiger partial charge in [0.15, 0.2) is 6.29 Å². The van der Waals surface area contributed by atoms with Crippen molar-refractivity contribution < 1.29 is 19.4 Å². The number of hydrogen-bond donors (Lipinski definition) is 1. The van der Waals surface area contributed by atoms with Gasteiger partial charge in [0.2, 0.25) is 0 Å². The van der Waals surface area contributed by atoms with Crippen LogP contribution in [0.25, 0.3) is 0 Å². The van der Waals surface area contributed by atoms with Crippen LogP contribution in [-0.4, -0.2) is 61.3 Å². The summed E-state index contributed by atoms with van der Waals surface area (Å²) >= 11 is 0. The number of aliphatic hydroxyl groups excluding tert-OH is 1. The van der Waals surface area contributed by atoms with Gasteiger partial charge in [-0.25, -0.2) is 0 Å². The Hall–Kier alpha value is -1.89. The monoisotopic (exact) mass is 382 g/mol. The predicted molar refractivity (Wildman–Crippen MR) is 103 cm³/mol. The van der Waals surface area contributed by atoms with Crippen molar-refractivity contribution in [1.29, 1.82) is 0 Å². The number of fused-ring (bicyclic) bond motifs is 3. The summed E-state index contributed by atoms with van der Waals surface area (Å²) in [4.78, 5) is 18.5. The first-order chi connectivity index (χ1) is 13.5. The van der Waals surface area contributed by atoms with E-state index in [9.17, 15) is 9.90 Å². The zero-order chi connectivity index (χ0) is 19.5. The number of likely N-dealkylation sites (N-methyl/N-ethyl adjacent to an activating group) is 1. The smallest absolute Gasteiger partial charge is 0.318 e. The highest BCUT2D eigenvalue weighted by molar-refractivity contribution is 5.87. The van der Waals surface area contributed by atoms with Crippen molar-refractivity contribution in [2.75, 3.05) is 32.1 Å². The summed E-state index contributed by atoms with van der Waals surface area (Å²) in [5.41, 5.74) is 1.31. The molecule has 0 aromatic heterocycles. The molecule has 6 fully saturated rings. The van der Waals surface area contributed by atoms with Crippen LogP contribution in [0.15, 0.2) is 35.9 Å². The molecule has 2 unspecified atom stereocenters. The van der Waals surface area contributed by atoms with Gasteiger partial charge in [0, 0.05) is 31.7 Å². The molecule has 6 bridgehead atoms. The van der Waals surface area contributed by atoms with Crippen molar-refractivity contribution in [1.82, 2.24) is 4.90 Å². The fourth-order valence-electron chi connectivity index (χ4n) is 8.01. The third-order valence-electron chi connectivity index (χ3n) is 8.66. The number of ether oxygens (including phenoxy) is 2. The summed E-state index contributed by atoms with van der Waals surface area (Å²) in [6.45, 7) is 3.71. The van der Waals surface area contributed by atoms with Crippen molar-refractivity contribution in [3.8, 4) is 0 Å². The number of hydrogen-bond acceptors (Lipinski definition) is 6. The average Bonchev–Trinajstić information content (AvgIpc) is 3.11. The summed E-state index contributed by atoms with van der Waals surface area (Å²) in [5, 5.41) is 11.4. The summed E-state index contributed by atoms with van der Waals surface area (Å²) in [6.07, 6.45) is 2.33. The Balaban J connectivity index is 1.80. The maximum Gasteiger partial charge on any atom is 0.318 e. The molecule has 1 aromatic carbocycles. The van der Waals surface area contributed by atoms with Gasteiger partial charge in [-0.1, -0.05) is 29.8 Å². The summed E-state index contributed by atoms with van der Waals surface area (Å²) < 4.78 is 11.7. The highest BCUT2D eigenvalue weighted by Crippen LogP contribution is 2.77. The number of carbonyl (C=O) groups is 1. The van der Waals surface area contributed by atoms with Crippen LogP contribution < -0.4 is 4.90 Å². The minimum Gasteiger partial charge on any atom is -0.468 e. The Bertz CT molecular complexity index is 931. The number of carbonyl (C=O) groups excluding carboxylic acids is 1. The number of nitrogens with zero attached hydrogens (tertiary/aromatic N) is 2. The van der Waals surface area contributed by atoms with Gasteiger partial charge in [-0.05, 0) is 31.4 Å². The van der Waals surface area contributed by atoms with E-state index in [-0.39, 0.29) is 18.0 Å². The van der Waals surface area contributed by atoms with Gasteiger partial charge in [0.25, 0.3) is 0 Å². The van der Waals surface area contributed by atoms with Crippen LogP contribution in [0.2, 0.25) is 0 Å². The second-order valence-electron chi connectivity index (χ2n) is 8.87. The van der Waals surface area contributed by atoms with E-state index < -0.39 is 22.8 Å². The molecule has 1 aromatic rings. The lowest BCUT2D eigenvalue weighted by molar-refractivity contribution is -0.331. The van der Waals surface area contributed by atoms with E-state index in [0.29, 0.717) is 0 Å². The molecule has 0 radical (unpaired) electrons. The molecule has 0 amide bonds. The van der Waals surface area contributed by atoms with Crippen LogP contribution in [0.4, 0.5) is 5.69 Å². The second-order valence-corrected chi connectivity index (χ2v) is 8.87. The summed E-state index contributed by atoms with van der Waals surface area (Å²) in [5.74, 6) is -0.433. The molecular weight excluding hydrogens is 356 g/mol. The zero-order valence-corrected chi connectivity index (χ0v) is 16.5. The molecule has 148 valence electrons. The van der Waals surface area contributed by atoms with Gasteiger partial charge in [-0.15, -0.1) is 0 Å². The molecule has 7 atom stereocenters. The minimum atomic E-state index is -1.18. The molecule has 28 heavy (non-hydrogen) atoms. The normalized spacial score (nSPS) is 48.6. The third kappa shape index (κ3) is 1.31. The number of aliphatic hydroxyl groups is 1. The molecule has 1 N–H and O–H groups in total. The molecule has 6 aliphatic heterocycles. The lowest BCUT2D eigenvalue weighted by Gasteiger charge is -2.67. The van der Waals surface area contributed by atoms with Gasteiger partial charge in [-0.3, -0.25) is 9.69 Å². The average molecular weight is 382 g/mol. The first-order valence-electron chi connectivity index (χ1n) is 10.2. The van der Waals surface area contributed by atoms with E-state index in [1.165, 1.54) is 12.7 Å². The highest BCUT2D eigenvalue weighted by Gasteiger charge is 2.89. The van der Waals surface area contributed by atoms with Crippen LogP contribution in [0.1, 0.15) is 25.3 Å². The molecule has 5 saturated heterocycles. The molecule has 1 aliphatic carbocycles. The van der Waals surface area contributed by atoms with Crippen molar-refractivity contribution in [3.05, 3.63) is 41.5 Å². The number of esters is 1. The largest absolute Gasteiger partial charge is 0.468 e. The fourth-order valence-corrected chi connectivity index (χ4v) is 8.01. The first-order valence-corrected chi connectivity index (χ1v) is 10.2. The quantitative estimate of drug-likeness (QED) is 0.589. The van der Waals surface area contributed by atoms with Crippen LogP contribution in [0.3, 0.4) is 0 Å². The van der Waals surface area contributed by atoms with E-state index >= 15 is 0 Å². The van der Waals surface area contributed by atoms with Gasteiger partial charge in [-0.2, -0.15) is 0 Å². The molecule has 6 nitrogen and oxygen atoms in total. The minimum absolute atomic E-state index is 0.0864. The van der Waals surface area contributed by atoms with E-state index in [1.807, 2.05) is 19.1 Å². The maximum atomic E-state index is 13.7. The second kappa shape index (κ2) is 4.99. The number of methoxy groups -OCH3 is 1. The molecule has 6 heterocycles. The number of rotatable bonds is 1. The Morgan fingerprint density at radius 2 is 2.18 bits per heavy atom. The zero-order valence-electron chi connectivity index (χ0n) is 16.5. The van der Waals surface area contributed by atoms with Gasteiger partial charge in [0.1, 0.15) is 11.1 Å². The molecular formula is C22H26N2O4. The van der Waals surface area contributed by atoms with Gasteiger partial charge >= 0.3 is 5.97 Å². The van der Waals surface area contributed by atoms with E-state index in [2.05, 4.69) is 35.1 Å². The molecule has 6 heteroatoms. The van der Waals surface area contributed by atoms with Crippen molar-refractivity contribution in [2.24, 2.45) is 11.3 Å². The van der Waals surface area contributed by atoms with Crippen molar-refractivity contribution in [3.63, 3.8) is 0 Å². The van der Waals surface area contributed by atoms with E-state index in [0.717, 1.165) is 37.2 Å². The lowest BCUT2D eigenvalue weighted by atomic mass is 9.43. The topological polar surface area (TPSA) is 62.2 Å². The maximum absolute atomic E-state index is 13.7. The Labute approximate surface area is 164 Å². The Kier molecular flexibility index (Phi) is 3.03. The number of allylic oxidation sites excluding steroid dienone is 1. The van der Waals surface area contributed by atoms with Crippen molar-refractivity contribution in [2.45, 2.75) is 43.2 Å². The van der Waals surface area contributed by atoms with Gasteiger partial charge < -0.3 is 19.5 Å². The highest BCUT2D eigenvalue weighted by atomic mass is 16.6. The fraction of sp³-hybridized carbons (Fsp3) is 0.591. The van der Waals surface area contributed by atoms with Crippen molar-refractivity contribution >= 4 is 11.7 Å². The number of para-hydroxylation sites is 1. The van der Waals surface area contributed by atoms with Crippen LogP contribution in [0, 0.1) is 11.3 Å². The SMILES string of the molecule is C/C=C1/CN2CC[C@]34c5ccccc5N(C)C23[C@H]2C[C@@H]1[C@]4(C(=O)OC)[C@H](O)O2. The molecule has 1 spiro atoms. The number of benzene rings is 1. The molecule has 1 saturated carbocycles. The summed E-state index contributed by atoms with van der Waals surface area (Å²) in [6, 6.07) is 8.37. The molecule has 8 rings (SSSR count). The Morgan fingerprint density at radius 1 is 1.39 bits per heavy atom. The third-order valence-corrected chi connectivity index (χ3v) is 8.66. The van der Waals surface area contributed by atoms with Crippen LogP contribution in [0.5, 0.6) is 0 Å². The van der Waals surface area contributed by atoms with Crippen LogP contribution >= 0.6 is 0 Å². The van der Waals surface area contributed by atoms with E-state index in [4.69, 9.17) is 9.47 Å². The first kappa shape index (κ1) is 17.0. The van der Waals surface area contributed by atoms with E-state index in [1.54, 1.807) is 0 Å². The molecule has 7 aliphatic rings. The van der Waals surface area contributed by atoms with Gasteiger partial charge in [0.05, 0.1) is 18.6 Å². The lowest BCUT2D eigenvalue weighted by Crippen LogP contribution is -2.83. The summed E-state index contributed by atoms with van der Waals surface area (Å²) in [7, 11) is 3.56. The Morgan fingerprint density at radius 3 is 2.93 bits per heavy atom. The number of anilines is 1. The van der Waals surface area contributed by atoms with Crippen LogP contribution in [-0.2, 0) is 19.7 Å². The predicted octanol–water partition coefficient (Wildman–Crippen LogP) is 1.63. The standard InChI is InChI=1S/C22H26N2O4/c1-4-13-12-24-10-9-20-14-7-5-6-8-16(14)23(2)22(20,24)17-11-15(13)21(20,18(25)27-3)19(26)28-17/h4-8,15,17,19,26H,9-12H2,1-3H3/b13-4-/t15-,17+,19+,20+,21-,22?/m0/s1.